The number of thiocarbonyl (C=S) groups is 1. The molecule has 0 spiro atoms. The summed E-state index contributed by atoms with van der Waals surface area (Å²) in [5, 5.41) is 4.02. The van der Waals surface area contributed by atoms with Crippen LogP contribution in [0.2, 0.25) is 0 Å². The maximum absolute atomic E-state index is 11.6. The van der Waals surface area contributed by atoms with Crippen LogP contribution < -0.4 is 14.9 Å². The average Bonchev–Trinajstić information content (AvgIpc) is 3.44. The summed E-state index contributed by atoms with van der Waals surface area (Å²) in [5.74, 6) is 0. The second-order valence-corrected chi connectivity index (χ2v) is 10.2. The van der Waals surface area contributed by atoms with E-state index in [1.807, 2.05) is 54.7 Å². The van der Waals surface area contributed by atoms with Gasteiger partial charge in [-0.15, -0.1) is 0 Å². The van der Waals surface area contributed by atoms with Crippen LogP contribution in [0.1, 0.15) is 23.3 Å². The molecule has 0 bridgehead atoms. The summed E-state index contributed by atoms with van der Waals surface area (Å²) in [5.41, 5.74) is 4.38. The van der Waals surface area contributed by atoms with E-state index in [-0.39, 0.29) is 12.1 Å². The van der Waals surface area contributed by atoms with Crippen LogP contribution >= 0.6 is 12.2 Å². The number of nitrogens with one attached hydrogen (secondary N) is 2. The lowest BCUT2D eigenvalue weighted by molar-refractivity contribution is 0.568. The van der Waals surface area contributed by atoms with Gasteiger partial charge in [0.2, 0.25) is 10.0 Å². The molecule has 0 amide bonds. The third kappa shape index (κ3) is 4.52. The molecular formula is C25H23N5O2S2. The molecule has 9 heteroatoms. The van der Waals surface area contributed by atoms with Crippen molar-refractivity contribution in [3.05, 3.63) is 109 Å². The third-order valence-corrected chi connectivity index (χ3v) is 6.58. The molecule has 1 aliphatic heterocycles. The lowest BCUT2D eigenvalue weighted by Gasteiger charge is -2.27. The van der Waals surface area contributed by atoms with Gasteiger partial charge in [-0.25, -0.2) is 8.42 Å². The number of benzene rings is 2. The van der Waals surface area contributed by atoms with E-state index in [0.717, 1.165) is 28.9 Å². The molecule has 2 N–H and O–H groups in total. The smallest absolute Gasteiger partial charge is 0.229 e. The molecule has 3 heterocycles. The molecule has 34 heavy (non-hydrogen) atoms. The van der Waals surface area contributed by atoms with Gasteiger partial charge in [-0.3, -0.25) is 9.71 Å². The van der Waals surface area contributed by atoms with E-state index in [9.17, 15) is 8.42 Å². The predicted molar refractivity (Wildman–Crippen MR) is 139 cm³/mol. The summed E-state index contributed by atoms with van der Waals surface area (Å²) in [4.78, 5) is 6.65. The topological polar surface area (TPSA) is 79.3 Å². The predicted octanol–water partition coefficient (Wildman–Crippen LogP) is 4.42. The summed E-state index contributed by atoms with van der Waals surface area (Å²) < 4.78 is 27.8. The van der Waals surface area contributed by atoms with Crippen molar-refractivity contribution < 1.29 is 8.42 Å². The van der Waals surface area contributed by atoms with Gasteiger partial charge in [0.25, 0.3) is 0 Å². The van der Waals surface area contributed by atoms with Crippen LogP contribution in [0, 0.1) is 0 Å². The first-order chi connectivity index (χ1) is 16.4. The molecule has 2 aromatic carbocycles. The van der Waals surface area contributed by atoms with Crippen molar-refractivity contribution in [1.82, 2.24) is 14.9 Å². The van der Waals surface area contributed by atoms with E-state index in [4.69, 9.17) is 12.2 Å². The Hall–Kier alpha value is -3.69. The lowest BCUT2D eigenvalue weighted by atomic mass is 9.98. The van der Waals surface area contributed by atoms with E-state index in [1.54, 1.807) is 18.3 Å². The van der Waals surface area contributed by atoms with Gasteiger partial charge in [0.15, 0.2) is 5.11 Å². The first kappa shape index (κ1) is 22.1. The van der Waals surface area contributed by atoms with E-state index in [1.165, 1.54) is 0 Å². The maximum Gasteiger partial charge on any atom is 0.229 e. The molecule has 0 radical (unpaired) electrons. The van der Waals surface area contributed by atoms with Gasteiger partial charge < -0.3 is 14.8 Å². The van der Waals surface area contributed by atoms with Crippen LogP contribution in [0.5, 0.6) is 0 Å². The molecule has 1 fully saturated rings. The van der Waals surface area contributed by atoms with Crippen molar-refractivity contribution in [2.45, 2.75) is 12.1 Å². The zero-order valence-electron chi connectivity index (χ0n) is 18.4. The summed E-state index contributed by atoms with van der Waals surface area (Å²) >= 11 is 5.77. The quantitative estimate of drug-likeness (QED) is 0.391. The highest BCUT2D eigenvalue weighted by atomic mass is 32.2. The summed E-state index contributed by atoms with van der Waals surface area (Å²) in [6, 6.07) is 25.0. The van der Waals surface area contributed by atoms with Crippen molar-refractivity contribution in [2.75, 3.05) is 15.9 Å². The van der Waals surface area contributed by atoms with Crippen LogP contribution in [0.3, 0.4) is 0 Å². The fourth-order valence-electron chi connectivity index (χ4n) is 4.22. The monoisotopic (exact) mass is 489 g/mol. The Morgan fingerprint density at radius 2 is 1.68 bits per heavy atom. The number of sulfonamides is 1. The summed E-state index contributed by atoms with van der Waals surface area (Å²) in [7, 11) is -3.35. The second-order valence-electron chi connectivity index (χ2n) is 8.11. The number of hydrogen-bond acceptors (Lipinski definition) is 4. The molecule has 1 saturated heterocycles. The van der Waals surface area contributed by atoms with Crippen molar-refractivity contribution in [2.24, 2.45) is 0 Å². The number of rotatable bonds is 6. The van der Waals surface area contributed by atoms with Crippen molar-refractivity contribution in [1.29, 1.82) is 0 Å². The normalized spacial score (nSPS) is 18.0. The molecule has 1 aliphatic rings. The molecule has 2 aromatic heterocycles. The maximum atomic E-state index is 11.6. The van der Waals surface area contributed by atoms with Gasteiger partial charge in [0.1, 0.15) is 0 Å². The van der Waals surface area contributed by atoms with E-state index >= 15 is 0 Å². The van der Waals surface area contributed by atoms with Gasteiger partial charge in [0.05, 0.1) is 24.0 Å². The number of hydrogen-bond donors (Lipinski definition) is 2. The lowest BCUT2D eigenvalue weighted by Crippen LogP contribution is -2.29. The molecule has 4 aromatic rings. The van der Waals surface area contributed by atoms with Crippen molar-refractivity contribution >= 4 is 38.7 Å². The molecule has 5 rings (SSSR count). The molecule has 2 atom stereocenters. The Labute approximate surface area is 204 Å². The van der Waals surface area contributed by atoms with Gasteiger partial charge in [-0.05, 0) is 72.4 Å². The molecule has 0 saturated carbocycles. The van der Waals surface area contributed by atoms with Crippen LogP contribution in [-0.4, -0.2) is 29.3 Å². The number of nitrogens with zero attached hydrogens (tertiary/aromatic N) is 3. The van der Waals surface area contributed by atoms with Gasteiger partial charge in [0, 0.05) is 35.7 Å². The SMILES string of the molecule is CS(=O)(=O)Nc1ccc(N2C(=S)NC(c3ccccn3)C2c2ccn(-c3ccccc3)c2)cc1. The van der Waals surface area contributed by atoms with Crippen LogP contribution in [0.25, 0.3) is 5.69 Å². The molecule has 2 unspecified atom stereocenters. The van der Waals surface area contributed by atoms with E-state index in [2.05, 4.69) is 48.9 Å². The number of pyridine rings is 1. The van der Waals surface area contributed by atoms with Crippen molar-refractivity contribution in [3.63, 3.8) is 0 Å². The fourth-order valence-corrected chi connectivity index (χ4v) is 5.13. The summed E-state index contributed by atoms with van der Waals surface area (Å²) in [6.07, 6.45) is 7.06. The minimum Gasteiger partial charge on any atom is -0.351 e. The zero-order valence-corrected chi connectivity index (χ0v) is 20.0. The molecule has 0 aliphatic carbocycles. The Balaban J connectivity index is 1.55. The van der Waals surface area contributed by atoms with E-state index in [0.29, 0.717) is 10.8 Å². The largest absolute Gasteiger partial charge is 0.351 e. The standard InChI is InChI=1S/C25H23N5O2S2/c1-34(31,32)28-19-10-12-21(13-11-19)30-24(23(27-25(30)33)22-9-5-6-15-26-22)18-14-16-29(17-18)20-7-3-2-4-8-20/h2-17,23-24,28H,1H3,(H,27,33). The fraction of sp³-hybridized carbons (Fsp3) is 0.120. The second kappa shape index (κ2) is 8.92. The van der Waals surface area contributed by atoms with Crippen LogP contribution in [-0.2, 0) is 10.0 Å². The third-order valence-electron chi connectivity index (χ3n) is 5.66. The van der Waals surface area contributed by atoms with E-state index < -0.39 is 10.0 Å². The molecule has 172 valence electrons. The minimum absolute atomic E-state index is 0.152. The highest BCUT2D eigenvalue weighted by Crippen LogP contribution is 2.42. The highest BCUT2D eigenvalue weighted by molar-refractivity contribution is 7.92. The minimum atomic E-state index is -3.35. The first-order valence-corrected chi connectivity index (χ1v) is 13.0. The van der Waals surface area contributed by atoms with Crippen LogP contribution in [0.15, 0.2) is 97.5 Å². The van der Waals surface area contributed by atoms with Gasteiger partial charge in [-0.1, -0.05) is 24.3 Å². The van der Waals surface area contributed by atoms with Gasteiger partial charge in [-0.2, -0.15) is 0 Å². The summed E-state index contributed by atoms with van der Waals surface area (Å²) in [6.45, 7) is 0. The zero-order chi connectivity index (χ0) is 23.7. The van der Waals surface area contributed by atoms with Crippen LogP contribution in [0.4, 0.5) is 11.4 Å². The highest BCUT2D eigenvalue weighted by Gasteiger charge is 2.41. The number of anilines is 2. The number of aromatic nitrogens is 2. The Bertz CT molecular complexity index is 1400. The van der Waals surface area contributed by atoms with Crippen molar-refractivity contribution in [3.8, 4) is 5.69 Å². The Kier molecular flexibility index (Phi) is 5.80. The molecule has 7 nitrogen and oxygen atoms in total. The first-order valence-electron chi connectivity index (χ1n) is 10.7. The van der Waals surface area contributed by atoms with Gasteiger partial charge >= 0.3 is 0 Å². The number of para-hydroxylation sites is 1. The Morgan fingerprint density at radius 3 is 2.35 bits per heavy atom. The Morgan fingerprint density at radius 1 is 0.941 bits per heavy atom. The average molecular weight is 490 g/mol. The molecular weight excluding hydrogens is 466 g/mol.